The van der Waals surface area contributed by atoms with Gasteiger partial charge in [0.1, 0.15) is 6.10 Å². The first-order valence-electron chi connectivity index (χ1n) is 6.04. The third-order valence-electron chi connectivity index (χ3n) is 3.58. The first-order chi connectivity index (χ1) is 8.58. The number of ether oxygens (including phenoxy) is 1. The highest BCUT2D eigenvalue weighted by Gasteiger charge is 2.38. The quantitative estimate of drug-likeness (QED) is 0.797. The molecule has 2 unspecified atom stereocenters. The lowest BCUT2D eigenvalue weighted by Crippen LogP contribution is -1.91. The van der Waals surface area contributed by atoms with E-state index in [1.807, 2.05) is 13.0 Å². The molecule has 0 aliphatic carbocycles. The van der Waals surface area contributed by atoms with Crippen LogP contribution in [0.5, 0.6) is 0 Å². The Morgan fingerprint density at radius 2 is 2.00 bits per heavy atom. The van der Waals surface area contributed by atoms with Gasteiger partial charge in [-0.25, -0.2) is 0 Å². The van der Waals surface area contributed by atoms with Crippen LogP contribution >= 0.6 is 0 Å². The Hall–Kier alpha value is -1.65. The average molecular weight is 244 g/mol. The zero-order chi connectivity index (χ0) is 12.9. The summed E-state index contributed by atoms with van der Waals surface area (Å²) in [6, 6.07) is 6.11. The van der Waals surface area contributed by atoms with Gasteiger partial charge in [-0.2, -0.15) is 5.10 Å². The third kappa shape index (κ3) is 1.74. The van der Waals surface area contributed by atoms with Gasteiger partial charge < -0.3 is 9.84 Å². The number of epoxide rings is 1. The number of nitrogens with one attached hydrogen (secondary N) is 1. The SMILES string of the molecule is Cc1ccc(C2OC2O)cc1-c1[nH]nc(C)c1C. The van der Waals surface area contributed by atoms with E-state index in [0.29, 0.717) is 0 Å². The van der Waals surface area contributed by atoms with Gasteiger partial charge in [-0.3, -0.25) is 5.10 Å². The van der Waals surface area contributed by atoms with Crippen LogP contribution < -0.4 is 0 Å². The summed E-state index contributed by atoms with van der Waals surface area (Å²) in [7, 11) is 0. The van der Waals surface area contributed by atoms with Crippen molar-refractivity contribution in [3.63, 3.8) is 0 Å². The highest BCUT2D eigenvalue weighted by Crippen LogP contribution is 2.39. The van der Waals surface area contributed by atoms with E-state index in [9.17, 15) is 5.11 Å². The number of aromatic amines is 1. The molecule has 2 N–H and O–H groups in total. The van der Waals surface area contributed by atoms with E-state index in [1.165, 1.54) is 5.56 Å². The number of aliphatic hydroxyl groups excluding tert-OH is 1. The second kappa shape index (κ2) is 3.93. The maximum atomic E-state index is 9.33. The summed E-state index contributed by atoms with van der Waals surface area (Å²) in [4.78, 5) is 0. The predicted octanol–water partition coefficient (Wildman–Crippen LogP) is 2.39. The molecule has 0 radical (unpaired) electrons. The van der Waals surface area contributed by atoms with Crippen LogP contribution in [0.4, 0.5) is 0 Å². The van der Waals surface area contributed by atoms with Crippen LogP contribution in [0.15, 0.2) is 18.2 Å². The van der Waals surface area contributed by atoms with Crippen molar-refractivity contribution in [2.45, 2.75) is 33.2 Å². The highest BCUT2D eigenvalue weighted by atomic mass is 16.7. The molecule has 1 aliphatic heterocycles. The van der Waals surface area contributed by atoms with Crippen molar-refractivity contribution < 1.29 is 9.84 Å². The normalized spacial score (nSPS) is 22.2. The molecule has 94 valence electrons. The van der Waals surface area contributed by atoms with Crippen molar-refractivity contribution in [1.29, 1.82) is 0 Å². The first kappa shape index (κ1) is 11.4. The molecule has 18 heavy (non-hydrogen) atoms. The zero-order valence-corrected chi connectivity index (χ0v) is 10.7. The third-order valence-corrected chi connectivity index (χ3v) is 3.58. The summed E-state index contributed by atoms with van der Waals surface area (Å²) in [5, 5.41) is 16.6. The lowest BCUT2D eigenvalue weighted by Gasteiger charge is -2.07. The smallest absolute Gasteiger partial charge is 0.186 e. The zero-order valence-electron chi connectivity index (χ0n) is 10.7. The molecular weight excluding hydrogens is 228 g/mol. The Morgan fingerprint density at radius 3 is 2.56 bits per heavy atom. The number of rotatable bonds is 2. The molecule has 4 nitrogen and oxygen atoms in total. The Balaban J connectivity index is 2.08. The van der Waals surface area contributed by atoms with E-state index in [0.717, 1.165) is 28.1 Å². The van der Waals surface area contributed by atoms with E-state index in [2.05, 4.69) is 36.2 Å². The summed E-state index contributed by atoms with van der Waals surface area (Å²) < 4.78 is 5.10. The number of hydrogen-bond donors (Lipinski definition) is 2. The number of aryl methyl sites for hydroxylation is 2. The molecule has 0 spiro atoms. The fourth-order valence-corrected chi connectivity index (χ4v) is 2.18. The minimum absolute atomic E-state index is 0.173. The molecule has 3 rings (SSSR count). The highest BCUT2D eigenvalue weighted by molar-refractivity contribution is 5.68. The minimum atomic E-state index is -0.648. The Kier molecular flexibility index (Phi) is 2.50. The molecule has 4 heteroatoms. The van der Waals surface area contributed by atoms with Gasteiger partial charge in [0.05, 0.1) is 11.4 Å². The lowest BCUT2D eigenvalue weighted by molar-refractivity contribution is 0.156. The summed E-state index contributed by atoms with van der Waals surface area (Å²) in [6.45, 7) is 6.12. The van der Waals surface area contributed by atoms with Crippen LogP contribution in [-0.2, 0) is 4.74 Å². The van der Waals surface area contributed by atoms with E-state index >= 15 is 0 Å². The van der Waals surface area contributed by atoms with Gasteiger partial charge in [-0.05, 0) is 43.5 Å². The molecule has 0 bridgehead atoms. The summed E-state index contributed by atoms with van der Waals surface area (Å²) in [5.41, 5.74) is 6.52. The van der Waals surface area contributed by atoms with E-state index in [4.69, 9.17) is 4.74 Å². The summed E-state index contributed by atoms with van der Waals surface area (Å²) in [6.07, 6.45) is -0.821. The summed E-state index contributed by atoms with van der Waals surface area (Å²) >= 11 is 0. The van der Waals surface area contributed by atoms with Gasteiger partial charge in [0, 0.05) is 5.56 Å². The molecule has 1 aliphatic rings. The van der Waals surface area contributed by atoms with Gasteiger partial charge in [0.25, 0.3) is 0 Å². The standard InChI is InChI=1S/C14H16N2O2/c1-7-4-5-10(13-14(17)18-13)6-11(7)12-8(2)9(3)15-16-12/h4-6,13-14,17H,1-3H3,(H,15,16). The van der Waals surface area contributed by atoms with Crippen LogP contribution in [-0.4, -0.2) is 21.6 Å². The first-order valence-corrected chi connectivity index (χ1v) is 6.04. The van der Waals surface area contributed by atoms with Gasteiger partial charge >= 0.3 is 0 Å². The molecule has 1 aromatic heterocycles. The molecule has 2 atom stereocenters. The van der Waals surface area contributed by atoms with Crippen LogP contribution in [0.25, 0.3) is 11.3 Å². The van der Waals surface area contributed by atoms with Crippen molar-refractivity contribution in [2.24, 2.45) is 0 Å². The van der Waals surface area contributed by atoms with Crippen LogP contribution in [0.1, 0.15) is 28.5 Å². The Morgan fingerprint density at radius 1 is 1.28 bits per heavy atom. The molecule has 2 heterocycles. The Labute approximate surface area is 106 Å². The molecule has 0 amide bonds. The number of nitrogens with zero attached hydrogens (tertiary/aromatic N) is 1. The monoisotopic (exact) mass is 244 g/mol. The van der Waals surface area contributed by atoms with Gasteiger partial charge in [-0.1, -0.05) is 12.1 Å². The van der Waals surface area contributed by atoms with E-state index < -0.39 is 6.29 Å². The van der Waals surface area contributed by atoms with Crippen LogP contribution in [0.3, 0.4) is 0 Å². The molecule has 1 aromatic carbocycles. The largest absolute Gasteiger partial charge is 0.366 e. The Bertz CT molecular complexity index is 604. The maximum Gasteiger partial charge on any atom is 0.186 e. The van der Waals surface area contributed by atoms with E-state index in [-0.39, 0.29) is 6.10 Å². The van der Waals surface area contributed by atoms with Crippen LogP contribution in [0, 0.1) is 20.8 Å². The number of hydrogen-bond acceptors (Lipinski definition) is 3. The molecule has 0 saturated carbocycles. The van der Waals surface area contributed by atoms with Crippen molar-refractivity contribution in [3.8, 4) is 11.3 Å². The van der Waals surface area contributed by atoms with Gasteiger partial charge in [0.2, 0.25) is 0 Å². The number of H-pyrrole nitrogens is 1. The van der Waals surface area contributed by atoms with Gasteiger partial charge in [0.15, 0.2) is 6.29 Å². The lowest BCUT2D eigenvalue weighted by atomic mass is 9.98. The van der Waals surface area contributed by atoms with Crippen molar-refractivity contribution in [1.82, 2.24) is 10.2 Å². The summed E-state index contributed by atoms with van der Waals surface area (Å²) in [5.74, 6) is 0. The van der Waals surface area contributed by atoms with Gasteiger partial charge in [-0.15, -0.1) is 0 Å². The number of aliphatic hydroxyl groups is 1. The number of aromatic nitrogens is 2. The predicted molar refractivity (Wildman–Crippen MR) is 68.1 cm³/mol. The van der Waals surface area contributed by atoms with Crippen molar-refractivity contribution in [3.05, 3.63) is 40.6 Å². The molecule has 2 aromatic rings. The fourth-order valence-electron chi connectivity index (χ4n) is 2.18. The average Bonchev–Trinajstić information content (AvgIpc) is 2.99. The second-order valence-corrected chi connectivity index (χ2v) is 4.83. The maximum absolute atomic E-state index is 9.33. The van der Waals surface area contributed by atoms with Crippen molar-refractivity contribution in [2.75, 3.05) is 0 Å². The van der Waals surface area contributed by atoms with Crippen molar-refractivity contribution >= 4 is 0 Å². The number of benzene rings is 1. The topological polar surface area (TPSA) is 61.4 Å². The molecular formula is C14H16N2O2. The molecule has 1 saturated heterocycles. The molecule has 1 fully saturated rings. The van der Waals surface area contributed by atoms with E-state index in [1.54, 1.807) is 0 Å². The van der Waals surface area contributed by atoms with Crippen LogP contribution in [0.2, 0.25) is 0 Å². The minimum Gasteiger partial charge on any atom is -0.366 e. The second-order valence-electron chi connectivity index (χ2n) is 4.83. The fraction of sp³-hybridized carbons (Fsp3) is 0.357.